The molecule has 0 atom stereocenters. The third-order valence-electron chi connectivity index (χ3n) is 0.566. The molecule has 0 aromatic carbocycles. The van der Waals surface area contributed by atoms with E-state index < -0.39 is 10.1 Å². The van der Waals surface area contributed by atoms with E-state index in [1.165, 1.54) is 0 Å². The molecule has 0 saturated carbocycles. The van der Waals surface area contributed by atoms with Crippen molar-refractivity contribution in [2.45, 2.75) is 0 Å². The summed E-state index contributed by atoms with van der Waals surface area (Å²) in [6.07, 6.45) is 4.22. The molecule has 8 heteroatoms. The third kappa shape index (κ3) is 53.7. The molecule has 0 radical (unpaired) electrons. The van der Waals surface area contributed by atoms with Crippen LogP contribution in [0.25, 0.3) is 0 Å². The Morgan fingerprint density at radius 3 is 1.40 bits per heavy atom. The van der Waals surface area contributed by atoms with Gasteiger partial charge in [0.05, 0.1) is 6.26 Å². The average Bonchev–Trinajstić information content (AvgIpc) is 2.24. The quantitative estimate of drug-likeness (QED) is 0.456. The molecule has 5 nitrogen and oxygen atoms in total. The van der Waals surface area contributed by atoms with Crippen LogP contribution in [0, 0.1) is 0 Å². The molecular weight excluding hydrogens is 448 g/mol. The van der Waals surface area contributed by atoms with Crippen molar-refractivity contribution in [1.29, 1.82) is 0 Å². The molecule has 1 heterocycles. The van der Waals surface area contributed by atoms with Gasteiger partial charge in [-0.2, -0.15) is 8.42 Å². The van der Waals surface area contributed by atoms with E-state index in [0.717, 1.165) is 7.11 Å². The zero-order chi connectivity index (χ0) is 12.7. The Hall–Kier alpha value is 0.480. The Morgan fingerprint density at radius 1 is 1.07 bits per heavy atom. The first-order chi connectivity index (χ1) is 7.00. The zero-order valence-corrected chi connectivity index (χ0v) is 13.3. The molecule has 2 N–H and O–H groups in total. The number of aliphatic hydroxyl groups excluding tert-OH is 1. The summed E-state index contributed by atoms with van der Waals surface area (Å²) in [6.45, 7) is 0. The normalized spacial score (nSPS) is 7.87. The van der Waals surface area contributed by atoms with E-state index in [1.807, 2.05) is 18.2 Å². The van der Waals surface area contributed by atoms with Gasteiger partial charge in [-0.1, -0.05) is 6.07 Å². The number of aromatic nitrogens is 1. The Balaban J connectivity index is -0.000000146. The van der Waals surface area contributed by atoms with E-state index in [-0.39, 0.29) is 0 Å². The molecule has 0 unspecified atom stereocenters. The molecule has 0 fully saturated rings. The summed E-state index contributed by atoms with van der Waals surface area (Å²) in [7, 11) is -2.67. The van der Waals surface area contributed by atoms with Gasteiger partial charge in [0.1, 0.15) is 0 Å². The van der Waals surface area contributed by atoms with Gasteiger partial charge < -0.3 is 5.11 Å². The molecule has 1 rings (SSSR count). The van der Waals surface area contributed by atoms with Crippen LogP contribution in [0.15, 0.2) is 30.6 Å². The van der Waals surface area contributed by atoms with Crippen molar-refractivity contribution in [3.05, 3.63) is 30.6 Å². The van der Waals surface area contributed by atoms with Crippen LogP contribution in [0.4, 0.5) is 0 Å². The molecule has 90 valence electrons. The van der Waals surface area contributed by atoms with Gasteiger partial charge in [-0.05, 0) is 12.1 Å². The predicted molar refractivity (Wildman–Crippen MR) is 77.9 cm³/mol. The van der Waals surface area contributed by atoms with Gasteiger partial charge in [-0.25, -0.2) is 0 Å². The predicted octanol–water partition coefficient (Wildman–Crippen LogP) is 1.97. The largest absolute Gasteiger partial charge is 0.400 e. The zero-order valence-electron chi connectivity index (χ0n) is 8.21. The van der Waals surface area contributed by atoms with Gasteiger partial charge >= 0.3 is 0 Å². The summed E-state index contributed by atoms with van der Waals surface area (Å²) in [5.74, 6) is 0. The highest BCUT2D eigenvalue weighted by atomic mass is 128. The highest BCUT2D eigenvalue weighted by Crippen LogP contribution is 1.89. The van der Waals surface area contributed by atoms with Gasteiger partial charge in [0, 0.05) is 56.7 Å². The van der Waals surface area contributed by atoms with Crippen LogP contribution in [-0.4, -0.2) is 36.4 Å². The van der Waals surface area contributed by atoms with Crippen LogP contribution in [0.2, 0.25) is 0 Å². The number of nitrogens with zero attached hydrogens (tertiary/aromatic N) is 1. The topological polar surface area (TPSA) is 87.5 Å². The van der Waals surface area contributed by atoms with Gasteiger partial charge in [-0.15, -0.1) is 0 Å². The SMILES string of the molecule is CO.CS(=O)(=O)O.II.c1ccncc1. The Morgan fingerprint density at radius 2 is 1.33 bits per heavy atom. The second-order valence-electron chi connectivity index (χ2n) is 1.76. The van der Waals surface area contributed by atoms with Crippen molar-refractivity contribution in [1.82, 2.24) is 4.98 Å². The number of halogens is 2. The minimum Gasteiger partial charge on any atom is -0.400 e. The van der Waals surface area contributed by atoms with Crippen molar-refractivity contribution < 1.29 is 18.1 Å². The van der Waals surface area contributed by atoms with Crippen molar-refractivity contribution in [3.63, 3.8) is 0 Å². The van der Waals surface area contributed by atoms with Gasteiger partial charge in [-0.3, -0.25) is 9.54 Å². The van der Waals surface area contributed by atoms with Crippen molar-refractivity contribution in [2.75, 3.05) is 13.4 Å². The van der Waals surface area contributed by atoms with Crippen LogP contribution in [0.5, 0.6) is 0 Å². The third-order valence-corrected chi connectivity index (χ3v) is 0.566. The molecule has 0 spiro atoms. The standard InChI is InChI=1S/C5H5N.CH4O3S.CH4O.I2/c1-2-4-6-5-3-1;1-5(2,3)4;2*1-2/h1-5H;1H3,(H,2,3,4);2H,1H3;. The van der Waals surface area contributed by atoms with E-state index >= 15 is 0 Å². The van der Waals surface area contributed by atoms with E-state index in [2.05, 4.69) is 42.2 Å². The molecule has 0 amide bonds. The second-order valence-corrected chi connectivity index (χ2v) is 3.22. The van der Waals surface area contributed by atoms with Crippen LogP contribution >= 0.6 is 37.2 Å². The first-order valence-corrected chi connectivity index (χ1v) is 11.5. The fourth-order valence-corrected chi connectivity index (χ4v) is 0.313. The van der Waals surface area contributed by atoms with Crippen LogP contribution in [-0.2, 0) is 10.1 Å². The summed E-state index contributed by atoms with van der Waals surface area (Å²) in [4.78, 5) is 3.78. The summed E-state index contributed by atoms with van der Waals surface area (Å²) in [5, 5.41) is 7.00. The molecule has 0 aliphatic heterocycles. The van der Waals surface area contributed by atoms with Gasteiger partial charge in [0.2, 0.25) is 0 Å². The maximum atomic E-state index is 9.19. The lowest BCUT2D eigenvalue weighted by molar-refractivity contribution is 0.399. The first-order valence-electron chi connectivity index (χ1n) is 3.36. The first kappa shape index (κ1) is 20.8. The monoisotopic (exact) mass is 461 g/mol. The van der Waals surface area contributed by atoms with E-state index in [0.29, 0.717) is 6.26 Å². The van der Waals surface area contributed by atoms with E-state index in [9.17, 15) is 8.42 Å². The average molecular weight is 461 g/mol. The lowest BCUT2D eigenvalue weighted by Crippen LogP contribution is -1.88. The van der Waals surface area contributed by atoms with Crippen LogP contribution in [0.3, 0.4) is 0 Å². The highest BCUT2D eigenvalue weighted by Gasteiger charge is 1.81. The van der Waals surface area contributed by atoms with E-state index in [1.54, 1.807) is 12.4 Å². The Bertz CT molecular complexity index is 246. The number of hydrogen-bond acceptors (Lipinski definition) is 4. The molecule has 1 aromatic rings. The molecule has 1 aromatic heterocycles. The highest BCUT2D eigenvalue weighted by molar-refractivity contribution is 15.0. The maximum Gasteiger partial charge on any atom is 0.261 e. The lowest BCUT2D eigenvalue weighted by Gasteiger charge is -1.70. The maximum absolute atomic E-state index is 9.19. The number of pyridine rings is 1. The fraction of sp³-hybridized carbons (Fsp3) is 0.286. The fourth-order valence-electron chi connectivity index (χ4n) is 0.313. The molecular formula is C7H13I2NO4S. The van der Waals surface area contributed by atoms with Crippen LogP contribution < -0.4 is 0 Å². The summed E-state index contributed by atoms with van der Waals surface area (Å²) < 4.78 is 25.9. The summed E-state index contributed by atoms with van der Waals surface area (Å²) in [6, 6.07) is 5.72. The summed E-state index contributed by atoms with van der Waals surface area (Å²) >= 11 is 4.24. The molecule has 0 saturated heterocycles. The van der Waals surface area contributed by atoms with Crippen LogP contribution in [0.1, 0.15) is 0 Å². The molecule has 0 aliphatic rings. The summed E-state index contributed by atoms with van der Waals surface area (Å²) in [5.41, 5.74) is 0. The molecule has 0 aliphatic carbocycles. The smallest absolute Gasteiger partial charge is 0.261 e. The number of rotatable bonds is 0. The minimum atomic E-state index is -3.67. The van der Waals surface area contributed by atoms with Crippen molar-refractivity contribution in [3.8, 4) is 0 Å². The number of hydrogen-bond donors (Lipinski definition) is 2. The second kappa shape index (κ2) is 16.9. The van der Waals surface area contributed by atoms with Crippen molar-refractivity contribution in [2.24, 2.45) is 0 Å². The van der Waals surface area contributed by atoms with Gasteiger partial charge in [0.15, 0.2) is 0 Å². The number of aliphatic hydroxyl groups is 1. The Kier molecular flexibility index (Phi) is 23.5. The molecule has 15 heavy (non-hydrogen) atoms. The Labute approximate surface area is 113 Å². The lowest BCUT2D eigenvalue weighted by atomic mass is 10.5. The van der Waals surface area contributed by atoms with E-state index in [4.69, 9.17) is 9.66 Å². The van der Waals surface area contributed by atoms with Crippen molar-refractivity contribution >= 4 is 47.3 Å². The molecule has 0 bridgehead atoms. The van der Waals surface area contributed by atoms with Gasteiger partial charge in [0.25, 0.3) is 10.1 Å². The minimum absolute atomic E-state index is 0.715.